The molecular formula is C25H20INO3S2. The average Bonchev–Trinajstić information content (AvgIpc) is 3.06. The molecule has 0 spiro atoms. The number of methoxy groups -OCH3 is 1. The number of hydrogen-bond acceptors (Lipinski definition) is 5. The maximum Gasteiger partial charge on any atom is 0.270 e. The van der Waals surface area contributed by atoms with Gasteiger partial charge in [-0.1, -0.05) is 66.4 Å². The Morgan fingerprint density at radius 3 is 2.59 bits per heavy atom. The second kappa shape index (κ2) is 10.1. The van der Waals surface area contributed by atoms with Crippen molar-refractivity contribution in [2.75, 3.05) is 12.0 Å². The van der Waals surface area contributed by atoms with Gasteiger partial charge in [-0.25, -0.2) is 0 Å². The maximum absolute atomic E-state index is 13.1. The van der Waals surface area contributed by atoms with Gasteiger partial charge in [-0.2, -0.15) is 0 Å². The number of ether oxygens (including phenoxy) is 2. The third-order valence-corrected chi connectivity index (χ3v) is 6.93. The van der Waals surface area contributed by atoms with Crippen LogP contribution in [0.4, 0.5) is 5.69 Å². The van der Waals surface area contributed by atoms with Crippen molar-refractivity contribution in [2.45, 2.75) is 13.5 Å². The number of carbonyl (C=O) groups excluding carboxylic acids is 1. The number of benzene rings is 3. The molecule has 1 fully saturated rings. The lowest BCUT2D eigenvalue weighted by Gasteiger charge is -2.15. The van der Waals surface area contributed by atoms with Gasteiger partial charge >= 0.3 is 0 Å². The van der Waals surface area contributed by atoms with Crippen molar-refractivity contribution in [1.82, 2.24) is 0 Å². The minimum atomic E-state index is -0.121. The molecule has 4 nitrogen and oxygen atoms in total. The van der Waals surface area contributed by atoms with E-state index in [4.69, 9.17) is 21.7 Å². The van der Waals surface area contributed by atoms with Gasteiger partial charge in [0.25, 0.3) is 5.91 Å². The Bertz CT molecular complexity index is 1210. The van der Waals surface area contributed by atoms with Crippen molar-refractivity contribution in [3.63, 3.8) is 0 Å². The molecule has 4 rings (SSSR count). The fourth-order valence-corrected chi connectivity index (χ4v) is 5.38. The minimum Gasteiger partial charge on any atom is -0.493 e. The zero-order chi connectivity index (χ0) is 22.7. The van der Waals surface area contributed by atoms with Gasteiger partial charge in [-0.05, 0) is 76.5 Å². The number of hydrogen-bond donors (Lipinski definition) is 0. The zero-order valence-electron chi connectivity index (χ0n) is 17.5. The van der Waals surface area contributed by atoms with Crippen LogP contribution < -0.4 is 14.4 Å². The summed E-state index contributed by atoms with van der Waals surface area (Å²) in [5, 5.41) is 0. The molecule has 3 aromatic rings. The predicted octanol–water partition coefficient (Wildman–Crippen LogP) is 6.59. The highest BCUT2D eigenvalue weighted by Gasteiger charge is 2.33. The molecule has 0 bridgehead atoms. The molecule has 1 amide bonds. The summed E-state index contributed by atoms with van der Waals surface area (Å²) in [6.45, 7) is 2.44. The van der Waals surface area contributed by atoms with E-state index in [1.165, 1.54) is 11.8 Å². The predicted molar refractivity (Wildman–Crippen MR) is 143 cm³/mol. The van der Waals surface area contributed by atoms with Crippen LogP contribution in [0.2, 0.25) is 0 Å². The molecule has 7 heteroatoms. The quantitative estimate of drug-likeness (QED) is 0.189. The van der Waals surface area contributed by atoms with Crippen LogP contribution in [-0.4, -0.2) is 17.3 Å². The number of thioether (sulfide) groups is 1. The Morgan fingerprint density at radius 1 is 1.09 bits per heavy atom. The Kier molecular flexibility index (Phi) is 7.17. The topological polar surface area (TPSA) is 38.8 Å². The van der Waals surface area contributed by atoms with E-state index in [9.17, 15) is 4.79 Å². The lowest BCUT2D eigenvalue weighted by molar-refractivity contribution is -0.113. The molecule has 32 heavy (non-hydrogen) atoms. The van der Waals surface area contributed by atoms with Crippen molar-refractivity contribution < 1.29 is 14.3 Å². The van der Waals surface area contributed by atoms with Crippen molar-refractivity contribution >= 4 is 68.6 Å². The number of halogens is 1. The second-order valence-electron chi connectivity index (χ2n) is 7.16. The first-order valence-corrected chi connectivity index (χ1v) is 12.2. The second-order valence-corrected chi connectivity index (χ2v) is 10.0. The summed E-state index contributed by atoms with van der Waals surface area (Å²) in [6, 6.07) is 21.6. The minimum absolute atomic E-state index is 0.121. The summed E-state index contributed by atoms with van der Waals surface area (Å²) >= 11 is 9.02. The van der Waals surface area contributed by atoms with Gasteiger partial charge in [-0.15, -0.1) is 0 Å². The molecule has 0 radical (unpaired) electrons. The van der Waals surface area contributed by atoms with Gasteiger partial charge in [0.15, 0.2) is 15.8 Å². The van der Waals surface area contributed by atoms with E-state index in [1.807, 2.05) is 79.7 Å². The Labute approximate surface area is 210 Å². The van der Waals surface area contributed by atoms with Crippen LogP contribution in [0.25, 0.3) is 6.08 Å². The number of carbonyl (C=O) groups is 1. The van der Waals surface area contributed by atoms with E-state index >= 15 is 0 Å². The van der Waals surface area contributed by atoms with E-state index in [2.05, 4.69) is 22.6 Å². The fraction of sp³-hybridized carbons (Fsp3) is 0.120. The van der Waals surface area contributed by atoms with Gasteiger partial charge in [0.2, 0.25) is 0 Å². The van der Waals surface area contributed by atoms with E-state index in [0.29, 0.717) is 27.3 Å². The lowest BCUT2D eigenvalue weighted by Crippen LogP contribution is -2.27. The van der Waals surface area contributed by atoms with Crippen LogP contribution in [0.5, 0.6) is 11.5 Å². The highest BCUT2D eigenvalue weighted by atomic mass is 127. The third-order valence-electron chi connectivity index (χ3n) is 4.83. The Balaban J connectivity index is 1.59. The number of rotatable bonds is 6. The largest absolute Gasteiger partial charge is 0.493 e. The van der Waals surface area contributed by atoms with Gasteiger partial charge in [0.05, 0.1) is 21.3 Å². The number of amides is 1. The Hall–Kier alpha value is -2.36. The van der Waals surface area contributed by atoms with Crippen molar-refractivity contribution in [3.8, 4) is 11.5 Å². The number of thiocarbonyl (C=S) groups is 1. The van der Waals surface area contributed by atoms with Crippen molar-refractivity contribution in [2.24, 2.45) is 0 Å². The summed E-state index contributed by atoms with van der Waals surface area (Å²) < 4.78 is 13.0. The van der Waals surface area contributed by atoms with Crippen LogP contribution in [0.15, 0.2) is 71.6 Å². The van der Waals surface area contributed by atoms with Crippen LogP contribution in [-0.2, 0) is 11.4 Å². The van der Waals surface area contributed by atoms with Gasteiger partial charge in [0.1, 0.15) is 6.61 Å². The zero-order valence-corrected chi connectivity index (χ0v) is 21.3. The summed E-state index contributed by atoms with van der Waals surface area (Å²) in [7, 11) is 1.61. The first kappa shape index (κ1) is 22.8. The summed E-state index contributed by atoms with van der Waals surface area (Å²) in [5.41, 5.74) is 3.79. The third kappa shape index (κ3) is 5.00. The molecular weight excluding hydrogens is 553 g/mol. The first-order chi connectivity index (χ1) is 15.5. The molecule has 0 N–H and O–H groups in total. The number of nitrogens with zero attached hydrogens (tertiary/aromatic N) is 1. The molecule has 1 saturated heterocycles. The molecule has 1 heterocycles. The highest BCUT2D eigenvalue weighted by Crippen LogP contribution is 2.39. The van der Waals surface area contributed by atoms with Gasteiger partial charge in [-0.3, -0.25) is 9.69 Å². The highest BCUT2D eigenvalue weighted by molar-refractivity contribution is 14.1. The smallest absolute Gasteiger partial charge is 0.270 e. The average molecular weight is 573 g/mol. The normalized spacial score (nSPS) is 14.8. The fourth-order valence-electron chi connectivity index (χ4n) is 3.30. The monoisotopic (exact) mass is 573 g/mol. The molecule has 0 aromatic heterocycles. The van der Waals surface area contributed by atoms with Crippen molar-refractivity contribution in [1.29, 1.82) is 0 Å². The van der Waals surface area contributed by atoms with E-state index in [0.717, 1.165) is 25.9 Å². The van der Waals surface area contributed by atoms with Crippen molar-refractivity contribution in [3.05, 3.63) is 91.9 Å². The summed E-state index contributed by atoms with van der Waals surface area (Å²) in [6.07, 6.45) is 1.85. The molecule has 1 aliphatic rings. The molecule has 0 atom stereocenters. The first-order valence-electron chi connectivity index (χ1n) is 9.85. The SMILES string of the molecule is COc1cc(/C=C2\SC(=S)N(c3cccc(C)c3)C2=O)cc(I)c1OCc1ccccc1. The molecule has 1 aliphatic heterocycles. The van der Waals surface area contributed by atoms with Crippen LogP contribution in [0.1, 0.15) is 16.7 Å². The summed E-state index contributed by atoms with van der Waals surface area (Å²) in [4.78, 5) is 15.2. The van der Waals surface area contributed by atoms with Crippen LogP contribution in [0, 0.1) is 10.5 Å². The molecule has 0 aliphatic carbocycles. The standard InChI is InChI=1S/C25H20INO3S2/c1-16-7-6-10-19(11-16)27-24(28)22(32-25(27)31)14-18-12-20(26)23(21(13-18)29-2)30-15-17-8-4-3-5-9-17/h3-14H,15H2,1-2H3/b22-14-. The Morgan fingerprint density at radius 2 is 1.88 bits per heavy atom. The van der Waals surface area contributed by atoms with Crippen LogP contribution in [0.3, 0.4) is 0 Å². The van der Waals surface area contributed by atoms with Crippen LogP contribution >= 0.6 is 46.6 Å². The van der Waals surface area contributed by atoms with E-state index < -0.39 is 0 Å². The van der Waals surface area contributed by atoms with Gasteiger partial charge in [0, 0.05) is 0 Å². The van der Waals surface area contributed by atoms with E-state index in [1.54, 1.807) is 12.0 Å². The maximum atomic E-state index is 13.1. The molecule has 162 valence electrons. The molecule has 3 aromatic carbocycles. The summed E-state index contributed by atoms with van der Waals surface area (Å²) in [5.74, 6) is 1.18. The molecule has 0 saturated carbocycles. The lowest BCUT2D eigenvalue weighted by atomic mass is 10.1. The van der Waals surface area contributed by atoms with E-state index in [-0.39, 0.29) is 5.91 Å². The number of anilines is 1. The number of aryl methyl sites for hydroxylation is 1. The van der Waals surface area contributed by atoms with Gasteiger partial charge < -0.3 is 9.47 Å². The molecule has 0 unspecified atom stereocenters.